The smallest absolute Gasteiger partial charge is 0.0949 e. The Morgan fingerprint density at radius 1 is 1.31 bits per heavy atom. The van der Waals surface area contributed by atoms with Crippen molar-refractivity contribution in [1.29, 1.82) is 0 Å². The van der Waals surface area contributed by atoms with Crippen LogP contribution in [0, 0.1) is 0 Å². The molecular formula is C10H11N3. The summed E-state index contributed by atoms with van der Waals surface area (Å²) >= 11 is 0. The van der Waals surface area contributed by atoms with Gasteiger partial charge in [-0.2, -0.15) is 0 Å². The molecule has 0 aliphatic rings. The van der Waals surface area contributed by atoms with E-state index in [0.29, 0.717) is 0 Å². The quantitative estimate of drug-likeness (QED) is 0.699. The molecule has 3 heteroatoms. The zero-order valence-corrected chi connectivity index (χ0v) is 7.22. The van der Waals surface area contributed by atoms with E-state index in [1.807, 2.05) is 35.0 Å². The molecule has 0 spiro atoms. The third-order valence-electron chi connectivity index (χ3n) is 1.97. The second-order valence-electron chi connectivity index (χ2n) is 2.93. The Labute approximate surface area is 76.8 Å². The number of imidazole rings is 1. The van der Waals surface area contributed by atoms with Crippen molar-refractivity contribution in [3.8, 4) is 0 Å². The number of hydrogen-bond acceptors (Lipinski definition) is 2. The summed E-state index contributed by atoms with van der Waals surface area (Å²) in [5.74, 6) is 0. The van der Waals surface area contributed by atoms with Crippen LogP contribution in [-0.2, 0) is 6.54 Å². The molecule has 66 valence electrons. The highest BCUT2D eigenvalue weighted by atomic mass is 15.0. The molecule has 3 nitrogen and oxygen atoms in total. The van der Waals surface area contributed by atoms with Crippen molar-refractivity contribution >= 4 is 5.69 Å². The van der Waals surface area contributed by atoms with Gasteiger partial charge in [0.2, 0.25) is 0 Å². The van der Waals surface area contributed by atoms with Crippen molar-refractivity contribution in [2.45, 2.75) is 6.54 Å². The normalized spacial score (nSPS) is 10.2. The van der Waals surface area contributed by atoms with E-state index < -0.39 is 0 Å². The Morgan fingerprint density at radius 2 is 2.15 bits per heavy atom. The van der Waals surface area contributed by atoms with Crippen molar-refractivity contribution < 1.29 is 0 Å². The molecule has 0 atom stereocenters. The van der Waals surface area contributed by atoms with Crippen LogP contribution in [-0.4, -0.2) is 9.55 Å². The predicted octanol–water partition coefficient (Wildman–Crippen LogP) is 1.51. The van der Waals surface area contributed by atoms with E-state index in [-0.39, 0.29) is 0 Å². The van der Waals surface area contributed by atoms with E-state index in [0.717, 1.165) is 17.8 Å². The largest absolute Gasteiger partial charge is 0.398 e. The van der Waals surface area contributed by atoms with Crippen LogP contribution in [0.15, 0.2) is 43.0 Å². The first-order chi connectivity index (χ1) is 6.36. The third-order valence-corrected chi connectivity index (χ3v) is 1.97. The molecule has 1 aromatic heterocycles. The van der Waals surface area contributed by atoms with Gasteiger partial charge in [-0.05, 0) is 11.6 Å². The number of rotatable bonds is 2. The summed E-state index contributed by atoms with van der Waals surface area (Å²) in [7, 11) is 0. The molecule has 0 aliphatic carbocycles. The highest BCUT2D eigenvalue weighted by Gasteiger charge is 1.97. The van der Waals surface area contributed by atoms with Crippen molar-refractivity contribution in [3.63, 3.8) is 0 Å². The zero-order chi connectivity index (χ0) is 9.10. The maximum absolute atomic E-state index is 5.80. The lowest BCUT2D eigenvalue weighted by Gasteiger charge is -2.04. The Morgan fingerprint density at radius 3 is 2.85 bits per heavy atom. The fourth-order valence-corrected chi connectivity index (χ4v) is 1.26. The Kier molecular flexibility index (Phi) is 2.00. The molecule has 0 fully saturated rings. The minimum Gasteiger partial charge on any atom is -0.398 e. The summed E-state index contributed by atoms with van der Waals surface area (Å²) in [6.07, 6.45) is 5.47. The number of nitrogens with zero attached hydrogens (tertiary/aromatic N) is 2. The number of benzene rings is 1. The topological polar surface area (TPSA) is 43.8 Å². The van der Waals surface area contributed by atoms with Gasteiger partial charge in [0.25, 0.3) is 0 Å². The lowest BCUT2D eigenvalue weighted by Crippen LogP contribution is -2.00. The van der Waals surface area contributed by atoms with Crippen molar-refractivity contribution in [2.75, 3.05) is 5.73 Å². The Balaban J connectivity index is 2.24. The van der Waals surface area contributed by atoms with E-state index in [1.165, 1.54) is 0 Å². The molecule has 13 heavy (non-hydrogen) atoms. The highest BCUT2D eigenvalue weighted by molar-refractivity contribution is 5.46. The SMILES string of the molecule is Nc1ccccc1Cn1ccnc1. The minimum atomic E-state index is 0.784. The average molecular weight is 173 g/mol. The molecule has 2 aromatic rings. The molecule has 1 aromatic carbocycles. The molecule has 0 aliphatic heterocycles. The first-order valence-electron chi connectivity index (χ1n) is 4.15. The molecule has 0 saturated heterocycles. The van der Waals surface area contributed by atoms with E-state index in [2.05, 4.69) is 4.98 Å². The fraction of sp³-hybridized carbons (Fsp3) is 0.100. The number of nitrogen functional groups attached to an aromatic ring is 1. The Hall–Kier alpha value is -1.77. The zero-order valence-electron chi connectivity index (χ0n) is 7.22. The summed E-state index contributed by atoms with van der Waals surface area (Å²) in [4.78, 5) is 3.97. The second kappa shape index (κ2) is 3.31. The molecule has 0 amide bonds. The van der Waals surface area contributed by atoms with Gasteiger partial charge in [-0.3, -0.25) is 0 Å². The second-order valence-corrected chi connectivity index (χ2v) is 2.93. The molecule has 0 unspecified atom stereocenters. The molecule has 1 heterocycles. The number of nitrogens with two attached hydrogens (primary N) is 1. The lowest BCUT2D eigenvalue weighted by molar-refractivity contribution is 0.799. The first-order valence-corrected chi connectivity index (χ1v) is 4.15. The van der Waals surface area contributed by atoms with Gasteiger partial charge >= 0.3 is 0 Å². The molecule has 2 N–H and O–H groups in total. The van der Waals surface area contributed by atoms with Crippen LogP contribution < -0.4 is 5.73 Å². The maximum Gasteiger partial charge on any atom is 0.0949 e. The molecule has 0 saturated carbocycles. The molecular weight excluding hydrogens is 162 g/mol. The molecule has 0 bridgehead atoms. The van der Waals surface area contributed by atoms with Crippen LogP contribution in [0.4, 0.5) is 5.69 Å². The van der Waals surface area contributed by atoms with Gasteiger partial charge in [-0.25, -0.2) is 4.98 Å². The monoisotopic (exact) mass is 173 g/mol. The van der Waals surface area contributed by atoms with Crippen LogP contribution >= 0.6 is 0 Å². The standard InChI is InChI=1S/C10H11N3/c11-10-4-2-1-3-9(10)7-13-6-5-12-8-13/h1-6,8H,7,11H2. The van der Waals surface area contributed by atoms with Gasteiger partial charge in [0.05, 0.1) is 12.9 Å². The summed E-state index contributed by atoms with van der Waals surface area (Å²) in [6, 6.07) is 7.86. The van der Waals surface area contributed by atoms with Crippen molar-refractivity contribution in [3.05, 3.63) is 48.5 Å². The van der Waals surface area contributed by atoms with Crippen LogP contribution in [0.5, 0.6) is 0 Å². The van der Waals surface area contributed by atoms with Crippen molar-refractivity contribution in [1.82, 2.24) is 9.55 Å². The maximum atomic E-state index is 5.80. The van der Waals surface area contributed by atoms with E-state index in [4.69, 9.17) is 5.73 Å². The highest BCUT2D eigenvalue weighted by Crippen LogP contribution is 2.11. The van der Waals surface area contributed by atoms with E-state index >= 15 is 0 Å². The average Bonchev–Trinajstić information content (AvgIpc) is 2.61. The van der Waals surface area contributed by atoms with Gasteiger partial charge in [0.15, 0.2) is 0 Å². The summed E-state index contributed by atoms with van der Waals surface area (Å²) in [5.41, 5.74) is 7.76. The van der Waals surface area contributed by atoms with Gasteiger partial charge in [0, 0.05) is 18.1 Å². The van der Waals surface area contributed by atoms with E-state index in [9.17, 15) is 0 Å². The summed E-state index contributed by atoms with van der Waals surface area (Å²) in [5, 5.41) is 0. The summed E-state index contributed by atoms with van der Waals surface area (Å²) < 4.78 is 1.99. The minimum absolute atomic E-state index is 0.784. The fourth-order valence-electron chi connectivity index (χ4n) is 1.26. The molecule has 2 rings (SSSR count). The van der Waals surface area contributed by atoms with Crippen LogP contribution in [0.1, 0.15) is 5.56 Å². The van der Waals surface area contributed by atoms with E-state index in [1.54, 1.807) is 12.5 Å². The summed E-state index contributed by atoms with van der Waals surface area (Å²) in [6.45, 7) is 0.784. The first kappa shape index (κ1) is 7.86. The third kappa shape index (κ3) is 1.69. The van der Waals surface area contributed by atoms with Crippen molar-refractivity contribution in [2.24, 2.45) is 0 Å². The number of hydrogen-bond donors (Lipinski definition) is 1. The molecule has 0 radical (unpaired) electrons. The van der Waals surface area contributed by atoms with Gasteiger partial charge in [-0.1, -0.05) is 18.2 Å². The lowest BCUT2D eigenvalue weighted by atomic mass is 10.2. The van der Waals surface area contributed by atoms with Gasteiger partial charge in [0.1, 0.15) is 0 Å². The predicted molar refractivity (Wildman–Crippen MR) is 52.2 cm³/mol. The van der Waals surface area contributed by atoms with Crippen LogP contribution in [0.25, 0.3) is 0 Å². The number of anilines is 1. The van der Waals surface area contributed by atoms with Crippen LogP contribution in [0.3, 0.4) is 0 Å². The number of aromatic nitrogens is 2. The Bertz CT molecular complexity index is 379. The van der Waals surface area contributed by atoms with Gasteiger partial charge < -0.3 is 10.3 Å². The number of para-hydroxylation sites is 1. The van der Waals surface area contributed by atoms with Gasteiger partial charge in [-0.15, -0.1) is 0 Å². The van der Waals surface area contributed by atoms with Crippen LogP contribution in [0.2, 0.25) is 0 Å².